The van der Waals surface area contributed by atoms with Crippen LogP contribution in [0.3, 0.4) is 0 Å². The van der Waals surface area contributed by atoms with Crippen LogP contribution in [0.1, 0.15) is 12.8 Å². The number of hydrogen-bond acceptors (Lipinski definition) is 3. The van der Waals surface area contributed by atoms with E-state index in [0.29, 0.717) is 18.8 Å². The molecule has 0 radical (unpaired) electrons. The van der Waals surface area contributed by atoms with Crippen molar-refractivity contribution in [3.05, 3.63) is 24.3 Å². The standard InChI is InChI=1S/C11H11ClO3S/c1-2-3-4-9-15-10-5-7-11(8-6-10)16(12,13)14/h1,5-8H,3-4,9H2. The van der Waals surface area contributed by atoms with E-state index in [2.05, 4.69) is 5.92 Å². The van der Waals surface area contributed by atoms with Crippen LogP contribution in [0.2, 0.25) is 0 Å². The minimum Gasteiger partial charge on any atom is -0.494 e. The molecule has 0 N–H and O–H groups in total. The van der Waals surface area contributed by atoms with E-state index in [0.717, 1.165) is 6.42 Å². The lowest BCUT2D eigenvalue weighted by atomic mass is 10.3. The lowest BCUT2D eigenvalue weighted by Crippen LogP contribution is -1.97. The Morgan fingerprint density at radius 3 is 2.44 bits per heavy atom. The van der Waals surface area contributed by atoms with Crippen molar-refractivity contribution in [1.29, 1.82) is 0 Å². The van der Waals surface area contributed by atoms with Gasteiger partial charge in [0.15, 0.2) is 0 Å². The number of terminal acetylenes is 1. The van der Waals surface area contributed by atoms with Crippen LogP contribution in [0.15, 0.2) is 29.2 Å². The van der Waals surface area contributed by atoms with E-state index in [1.54, 1.807) is 12.1 Å². The Labute approximate surface area is 99.8 Å². The van der Waals surface area contributed by atoms with Gasteiger partial charge in [0, 0.05) is 17.1 Å². The van der Waals surface area contributed by atoms with Gasteiger partial charge in [-0.3, -0.25) is 0 Å². The van der Waals surface area contributed by atoms with Crippen LogP contribution in [0.4, 0.5) is 0 Å². The molecule has 5 heteroatoms. The zero-order valence-electron chi connectivity index (χ0n) is 8.52. The highest BCUT2D eigenvalue weighted by molar-refractivity contribution is 8.13. The molecule has 86 valence electrons. The van der Waals surface area contributed by atoms with Crippen molar-refractivity contribution in [2.75, 3.05) is 6.61 Å². The first kappa shape index (κ1) is 12.9. The van der Waals surface area contributed by atoms with Crippen LogP contribution in [-0.4, -0.2) is 15.0 Å². The summed E-state index contributed by atoms with van der Waals surface area (Å²) in [6.07, 6.45) is 6.52. The van der Waals surface area contributed by atoms with Gasteiger partial charge in [-0.05, 0) is 30.7 Å². The highest BCUT2D eigenvalue weighted by atomic mass is 35.7. The maximum absolute atomic E-state index is 10.9. The molecule has 0 atom stereocenters. The number of unbranched alkanes of at least 4 members (excludes halogenated alkanes) is 1. The normalized spacial score (nSPS) is 10.8. The van der Waals surface area contributed by atoms with Gasteiger partial charge < -0.3 is 4.74 Å². The van der Waals surface area contributed by atoms with Gasteiger partial charge in [0.05, 0.1) is 11.5 Å². The third kappa shape index (κ3) is 4.13. The van der Waals surface area contributed by atoms with Crippen LogP contribution >= 0.6 is 10.7 Å². The highest BCUT2D eigenvalue weighted by Crippen LogP contribution is 2.19. The molecule has 0 aliphatic heterocycles. The van der Waals surface area contributed by atoms with Crippen molar-refractivity contribution < 1.29 is 13.2 Å². The summed E-state index contributed by atoms with van der Waals surface area (Å²) >= 11 is 0. The van der Waals surface area contributed by atoms with Gasteiger partial charge in [-0.2, -0.15) is 0 Å². The van der Waals surface area contributed by atoms with E-state index >= 15 is 0 Å². The van der Waals surface area contributed by atoms with Crippen molar-refractivity contribution >= 4 is 19.7 Å². The lowest BCUT2D eigenvalue weighted by Gasteiger charge is -2.04. The Bertz CT molecular complexity index is 471. The quantitative estimate of drug-likeness (QED) is 0.463. The number of rotatable bonds is 5. The minimum atomic E-state index is -3.66. The van der Waals surface area contributed by atoms with Gasteiger partial charge in [-0.1, -0.05) is 0 Å². The maximum Gasteiger partial charge on any atom is 0.261 e. The predicted molar refractivity (Wildman–Crippen MR) is 63.0 cm³/mol. The van der Waals surface area contributed by atoms with E-state index in [-0.39, 0.29) is 4.90 Å². The minimum absolute atomic E-state index is 0.0603. The Kier molecular flexibility index (Phi) is 4.66. The van der Waals surface area contributed by atoms with Crippen molar-refractivity contribution in [3.63, 3.8) is 0 Å². The molecule has 1 aromatic rings. The van der Waals surface area contributed by atoms with Crippen LogP contribution in [0.5, 0.6) is 5.75 Å². The van der Waals surface area contributed by atoms with E-state index < -0.39 is 9.05 Å². The van der Waals surface area contributed by atoms with Crippen molar-refractivity contribution in [1.82, 2.24) is 0 Å². The van der Waals surface area contributed by atoms with Gasteiger partial charge in [0.2, 0.25) is 0 Å². The summed E-state index contributed by atoms with van der Waals surface area (Å²) in [5.74, 6) is 3.10. The average Bonchev–Trinajstić information content (AvgIpc) is 2.24. The van der Waals surface area contributed by atoms with Gasteiger partial charge >= 0.3 is 0 Å². The van der Waals surface area contributed by atoms with E-state index in [4.69, 9.17) is 21.8 Å². The van der Waals surface area contributed by atoms with Crippen LogP contribution < -0.4 is 4.74 Å². The molecule has 0 fully saturated rings. The molecule has 0 aliphatic carbocycles. The first-order valence-electron chi connectivity index (χ1n) is 4.65. The maximum atomic E-state index is 10.9. The molecule has 0 heterocycles. The summed E-state index contributed by atoms with van der Waals surface area (Å²) in [7, 11) is 1.51. The number of benzene rings is 1. The first-order chi connectivity index (χ1) is 7.54. The molecular weight excluding hydrogens is 248 g/mol. The number of halogens is 1. The van der Waals surface area contributed by atoms with Gasteiger partial charge in [0.25, 0.3) is 9.05 Å². The smallest absolute Gasteiger partial charge is 0.261 e. The molecule has 0 spiro atoms. The van der Waals surface area contributed by atoms with E-state index in [1.807, 2.05) is 0 Å². The number of ether oxygens (including phenoxy) is 1. The highest BCUT2D eigenvalue weighted by Gasteiger charge is 2.08. The largest absolute Gasteiger partial charge is 0.494 e. The summed E-state index contributed by atoms with van der Waals surface area (Å²) in [6, 6.07) is 5.92. The molecule has 1 rings (SSSR count). The topological polar surface area (TPSA) is 43.4 Å². The van der Waals surface area contributed by atoms with Crippen molar-refractivity contribution in [3.8, 4) is 18.1 Å². The third-order valence-corrected chi connectivity index (χ3v) is 3.21. The fraction of sp³-hybridized carbons (Fsp3) is 0.273. The molecule has 1 aromatic carbocycles. The van der Waals surface area contributed by atoms with E-state index in [9.17, 15) is 8.42 Å². The average molecular weight is 259 g/mol. The Balaban J connectivity index is 2.56. The summed E-state index contributed by atoms with van der Waals surface area (Å²) < 4.78 is 27.2. The molecule has 0 saturated heterocycles. The lowest BCUT2D eigenvalue weighted by molar-refractivity contribution is 0.313. The molecule has 0 amide bonds. The summed E-state index contributed by atoms with van der Waals surface area (Å²) in [5.41, 5.74) is 0. The summed E-state index contributed by atoms with van der Waals surface area (Å²) in [4.78, 5) is 0.0603. The summed E-state index contributed by atoms with van der Waals surface area (Å²) in [6.45, 7) is 0.511. The number of hydrogen-bond donors (Lipinski definition) is 0. The molecule has 0 aromatic heterocycles. The third-order valence-electron chi connectivity index (χ3n) is 1.84. The Morgan fingerprint density at radius 1 is 1.31 bits per heavy atom. The van der Waals surface area contributed by atoms with Crippen LogP contribution in [0.25, 0.3) is 0 Å². The zero-order chi connectivity index (χ0) is 12.0. The summed E-state index contributed by atoms with van der Waals surface area (Å²) in [5, 5.41) is 0. The van der Waals surface area contributed by atoms with Crippen molar-refractivity contribution in [2.24, 2.45) is 0 Å². The molecule has 0 aliphatic rings. The van der Waals surface area contributed by atoms with Crippen LogP contribution in [0, 0.1) is 12.3 Å². The van der Waals surface area contributed by atoms with Gasteiger partial charge in [-0.25, -0.2) is 8.42 Å². The first-order valence-corrected chi connectivity index (χ1v) is 6.96. The van der Waals surface area contributed by atoms with Gasteiger partial charge in [0.1, 0.15) is 5.75 Å². The van der Waals surface area contributed by atoms with Gasteiger partial charge in [-0.15, -0.1) is 12.3 Å². The SMILES string of the molecule is C#CCCCOc1ccc(S(=O)(=O)Cl)cc1. The fourth-order valence-corrected chi connectivity index (χ4v) is 1.83. The molecule has 3 nitrogen and oxygen atoms in total. The predicted octanol–water partition coefficient (Wildman–Crippen LogP) is 2.41. The second-order valence-electron chi connectivity index (χ2n) is 3.07. The second kappa shape index (κ2) is 5.78. The monoisotopic (exact) mass is 258 g/mol. The molecule has 0 bridgehead atoms. The molecule has 16 heavy (non-hydrogen) atoms. The zero-order valence-corrected chi connectivity index (χ0v) is 10.1. The molecular formula is C11H11ClO3S. The van der Waals surface area contributed by atoms with E-state index in [1.165, 1.54) is 12.1 Å². The fourth-order valence-electron chi connectivity index (χ4n) is 1.06. The van der Waals surface area contributed by atoms with Crippen LogP contribution in [-0.2, 0) is 9.05 Å². The Morgan fingerprint density at radius 2 is 1.94 bits per heavy atom. The van der Waals surface area contributed by atoms with Crippen molar-refractivity contribution in [2.45, 2.75) is 17.7 Å². The Hall–Kier alpha value is -1.18. The molecule has 0 unspecified atom stereocenters. The second-order valence-corrected chi connectivity index (χ2v) is 5.63. The molecule has 0 saturated carbocycles.